The van der Waals surface area contributed by atoms with Gasteiger partial charge in [0.15, 0.2) is 0 Å². The van der Waals surface area contributed by atoms with Crippen molar-refractivity contribution in [1.82, 2.24) is 4.90 Å². The van der Waals surface area contributed by atoms with Gasteiger partial charge in [0, 0.05) is 6.54 Å². The number of carbonyl (C=O) groups excluding carboxylic acids is 1. The van der Waals surface area contributed by atoms with E-state index in [2.05, 4.69) is 29.5 Å². The molecule has 0 aliphatic heterocycles. The molecule has 0 bridgehead atoms. The summed E-state index contributed by atoms with van der Waals surface area (Å²) in [5.74, 6) is 0.312. The van der Waals surface area contributed by atoms with Crippen LogP contribution in [-0.2, 0) is 11.2 Å². The van der Waals surface area contributed by atoms with Crippen LogP contribution in [0.5, 0.6) is 5.75 Å². The van der Waals surface area contributed by atoms with Crippen molar-refractivity contribution >= 4 is 28.5 Å². The zero-order chi connectivity index (χ0) is 15.1. The van der Waals surface area contributed by atoms with Crippen molar-refractivity contribution in [3.63, 3.8) is 0 Å². The van der Waals surface area contributed by atoms with Crippen LogP contribution < -0.4 is 10.5 Å². The molecule has 0 spiro atoms. The zero-order valence-corrected chi connectivity index (χ0v) is 13.9. The lowest BCUT2D eigenvalue weighted by Crippen LogP contribution is -2.35. The second-order valence-corrected chi connectivity index (χ2v) is 6.57. The largest absolute Gasteiger partial charge is 0.491 e. The van der Waals surface area contributed by atoms with Gasteiger partial charge in [0.2, 0.25) is 5.91 Å². The Bertz CT molecular complexity index is 423. The quantitative estimate of drug-likeness (QED) is 0.396. The summed E-state index contributed by atoms with van der Waals surface area (Å²) >= 11 is 2.29. The summed E-state index contributed by atoms with van der Waals surface area (Å²) in [5.41, 5.74) is 5.97. The Morgan fingerprint density at radius 1 is 1.45 bits per heavy atom. The summed E-state index contributed by atoms with van der Waals surface area (Å²) in [5, 5.41) is 9.87. The maximum atomic E-state index is 10.8. The molecule has 20 heavy (non-hydrogen) atoms. The zero-order valence-electron chi connectivity index (χ0n) is 11.8. The third kappa shape index (κ3) is 6.53. The van der Waals surface area contributed by atoms with Gasteiger partial charge in [-0.05, 0) is 31.7 Å². The molecular weight excluding hydrogens is 371 g/mol. The maximum absolute atomic E-state index is 10.8. The monoisotopic (exact) mass is 392 g/mol. The molecule has 2 unspecified atom stereocenters. The number of ether oxygens (including phenoxy) is 1. The fourth-order valence-electron chi connectivity index (χ4n) is 1.63. The second-order valence-electron chi connectivity index (χ2n) is 4.77. The maximum Gasteiger partial charge on any atom is 0.221 e. The Hall–Kier alpha value is -0.860. The number of benzene rings is 1. The molecule has 6 heteroatoms. The fraction of sp³-hybridized carbons (Fsp3) is 0.500. The van der Waals surface area contributed by atoms with E-state index in [4.69, 9.17) is 10.5 Å². The van der Waals surface area contributed by atoms with Crippen molar-refractivity contribution in [1.29, 1.82) is 0 Å². The molecule has 3 N–H and O–H groups in total. The third-order valence-corrected chi connectivity index (χ3v) is 3.80. The number of amides is 1. The highest BCUT2D eigenvalue weighted by atomic mass is 127. The molecule has 0 aliphatic carbocycles. The molecule has 0 aromatic heterocycles. The van der Waals surface area contributed by atoms with Crippen LogP contribution in [0.4, 0.5) is 0 Å². The standard InChI is InChI=1S/C14H21IN2O3/c1-10(15)17(2)8-12(18)9-20-13-5-3-11(4-6-13)7-14(16)19/h3-6,10,12,18H,7-9H2,1-2H3,(H2,16,19). The molecule has 0 radical (unpaired) electrons. The van der Waals surface area contributed by atoms with Gasteiger partial charge < -0.3 is 15.6 Å². The number of aliphatic hydroxyl groups excluding tert-OH is 1. The number of likely N-dealkylation sites (N-methyl/N-ethyl adjacent to an activating group) is 1. The van der Waals surface area contributed by atoms with Crippen molar-refractivity contribution < 1.29 is 14.6 Å². The van der Waals surface area contributed by atoms with Gasteiger partial charge in [-0.25, -0.2) is 0 Å². The lowest BCUT2D eigenvalue weighted by molar-refractivity contribution is -0.117. The first-order valence-electron chi connectivity index (χ1n) is 6.41. The summed E-state index contributed by atoms with van der Waals surface area (Å²) in [6.07, 6.45) is -0.316. The Balaban J connectivity index is 2.39. The van der Waals surface area contributed by atoms with Crippen LogP contribution in [-0.4, -0.2) is 46.3 Å². The number of aliphatic hydroxyl groups is 1. The first-order chi connectivity index (χ1) is 9.38. The van der Waals surface area contributed by atoms with Gasteiger partial charge >= 0.3 is 0 Å². The average molecular weight is 392 g/mol. The Kier molecular flexibility index (Phi) is 7.25. The second kappa shape index (κ2) is 8.43. The summed E-state index contributed by atoms with van der Waals surface area (Å²) in [7, 11) is 1.96. The Morgan fingerprint density at radius 2 is 2.05 bits per heavy atom. The van der Waals surface area contributed by atoms with Crippen LogP contribution in [0.3, 0.4) is 0 Å². The lowest BCUT2D eigenvalue weighted by atomic mass is 10.1. The number of nitrogens with zero attached hydrogens (tertiary/aromatic N) is 1. The van der Waals surface area contributed by atoms with E-state index < -0.39 is 6.10 Å². The number of alkyl halides is 1. The van der Waals surface area contributed by atoms with E-state index in [1.165, 1.54) is 0 Å². The highest BCUT2D eigenvalue weighted by Gasteiger charge is 2.12. The van der Waals surface area contributed by atoms with E-state index in [1.807, 2.05) is 11.9 Å². The predicted octanol–water partition coefficient (Wildman–Crippen LogP) is 1.17. The van der Waals surface area contributed by atoms with E-state index in [-0.39, 0.29) is 18.9 Å². The third-order valence-electron chi connectivity index (χ3n) is 2.85. The molecule has 112 valence electrons. The molecule has 0 fully saturated rings. The van der Waals surface area contributed by atoms with E-state index in [9.17, 15) is 9.90 Å². The molecule has 0 heterocycles. The van der Waals surface area contributed by atoms with Gasteiger partial charge in [-0.1, -0.05) is 34.7 Å². The lowest BCUT2D eigenvalue weighted by Gasteiger charge is -2.23. The van der Waals surface area contributed by atoms with Crippen molar-refractivity contribution in [2.24, 2.45) is 5.73 Å². The highest BCUT2D eigenvalue weighted by Crippen LogP contribution is 2.13. The van der Waals surface area contributed by atoms with Crippen molar-refractivity contribution in [2.45, 2.75) is 23.5 Å². The number of hydrogen-bond donors (Lipinski definition) is 2. The van der Waals surface area contributed by atoms with E-state index in [0.29, 0.717) is 16.3 Å². The summed E-state index contributed by atoms with van der Waals surface area (Å²) in [6, 6.07) is 7.14. The smallest absolute Gasteiger partial charge is 0.221 e. The number of primary amides is 1. The van der Waals surface area contributed by atoms with Crippen molar-refractivity contribution in [2.75, 3.05) is 20.2 Å². The van der Waals surface area contributed by atoms with Crippen LogP contribution in [0, 0.1) is 0 Å². The fourth-order valence-corrected chi connectivity index (χ4v) is 1.85. The first kappa shape index (κ1) is 17.2. The molecule has 1 aromatic carbocycles. The molecule has 0 saturated heterocycles. The number of hydrogen-bond acceptors (Lipinski definition) is 4. The van der Waals surface area contributed by atoms with Crippen LogP contribution >= 0.6 is 22.6 Å². The number of carbonyl (C=O) groups is 1. The Morgan fingerprint density at radius 3 is 2.55 bits per heavy atom. The van der Waals surface area contributed by atoms with Gasteiger partial charge in [-0.2, -0.15) is 0 Å². The van der Waals surface area contributed by atoms with Gasteiger partial charge in [0.25, 0.3) is 0 Å². The topological polar surface area (TPSA) is 75.8 Å². The van der Waals surface area contributed by atoms with Crippen LogP contribution in [0.25, 0.3) is 0 Å². The number of nitrogens with two attached hydrogens (primary N) is 1. The van der Waals surface area contributed by atoms with E-state index in [1.54, 1.807) is 24.3 Å². The molecule has 0 saturated carbocycles. The molecule has 5 nitrogen and oxygen atoms in total. The minimum absolute atomic E-state index is 0.223. The first-order valence-corrected chi connectivity index (χ1v) is 7.65. The predicted molar refractivity (Wildman–Crippen MR) is 87.0 cm³/mol. The van der Waals surface area contributed by atoms with Crippen molar-refractivity contribution in [3.05, 3.63) is 29.8 Å². The molecule has 0 aliphatic rings. The van der Waals surface area contributed by atoms with E-state index >= 15 is 0 Å². The normalized spacial score (nSPS) is 14.1. The summed E-state index contributed by atoms with van der Waals surface area (Å²) in [6.45, 7) is 2.86. The average Bonchev–Trinajstić information content (AvgIpc) is 2.37. The molecule has 1 aromatic rings. The van der Waals surface area contributed by atoms with Gasteiger partial charge in [0.1, 0.15) is 18.5 Å². The molecule has 1 amide bonds. The van der Waals surface area contributed by atoms with Gasteiger partial charge in [-0.15, -0.1) is 0 Å². The highest BCUT2D eigenvalue weighted by molar-refractivity contribution is 14.1. The van der Waals surface area contributed by atoms with Crippen LogP contribution in [0.2, 0.25) is 0 Å². The molecule has 2 atom stereocenters. The molecular formula is C14H21IN2O3. The minimum atomic E-state index is -0.539. The van der Waals surface area contributed by atoms with Crippen LogP contribution in [0.15, 0.2) is 24.3 Å². The van der Waals surface area contributed by atoms with Gasteiger partial charge in [0.05, 0.1) is 10.5 Å². The summed E-state index contributed by atoms with van der Waals surface area (Å²) < 4.78 is 5.87. The minimum Gasteiger partial charge on any atom is -0.491 e. The van der Waals surface area contributed by atoms with Crippen LogP contribution in [0.1, 0.15) is 12.5 Å². The number of rotatable bonds is 8. The molecule has 1 rings (SSSR count). The summed E-state index contributed by atoms with van der Waals surface area (Å²) in [4.78, 5) is 12.8. The Labute approximate surface area is 133 Å². The number of halogens is 1. The van der Waals surface area contributed by atoms with Crippen molar-refractivity contribution in [3.8, 4) is 5.75 Å². The van der Waals surface area contributed by atoms with E-state index in [0.717, 1.165) is 5.56 Å². The SMILES string of the molecule is CC(I)N(C)CC(O)COc1ccc(CC(N)=O)cc1. The van der Waals surface area contributed by atoms with Gasteiger partial charge in [-0.3, -0.25) is 9.69 Å².